The highest BCUT2D eigenvalue weighted by atomic mass is 35.5. The van der Waals surface area contributed by atoms with Gasteiger partial charge in [0.05, 0.1) is 10.6 Å². The van der Waals surface area contributed by atoms with Crippen LogP contribution in [0.2, 0.25) is 5.02 Å². The number of hydrogen-bond acceptors (Lipinski definition) is 5. The zero-order valence-electron chi connectivity index (χ0n) is 16.2. The lowest BCUT2D eigenvalue weighted by Gasteiger charge is -2.12. The topological polar surface area (TPSA) is 85.8 Å². The Morgan fingerprint density at radius 1 is 1.20 bits per heavy atom. The fourth-order valence-electron chi connectivity index (χ4n) is 3.19. The van der Waals surface area contributed by atoms with E-state index in [0.717, 1.165) is 11.4 Å². The molecule has 1 amide bonds. The number of nitrogens with one attached hydrogen (secondary N) is 1. The first-order valence-corrected chi connectivity index (χ1v) is 9.48. The minimum absolute atomic E-state index is 0.0253. The first-order chi connectivity index (χ1) is 14.5. The number of aromatic nitrogens is 4. The van der Waals surface area contributed by atoms with Crippen molar-refractivity contribution in [3.05, 3.63) is 82.5 Å². The van der Waals surface area contributed by atoms with E-state index < -0.39 is 11.7 Å². The second-order valence-electron chi connectivity index (χ2n) is 6.57. The van der Waals surface area contributed by atoms with Crippen LogP contribution in [0.15, 0.2) is 53.4 Å². The Morgan fingerprint density at radius 2 is 2.03 bits per heavy atom. The first kappa shape index (κ1) is 19.8. The summed E-state index contributed by atoms with van der Waals surface area (Å²) in [5, 5.41) is 6.84. The van der Waals surface area contributed by atoms with E-state index in [1.165, 1.54) is 18.2 Å². The molecule has 0 atom stereocenters. The molecule has 0 aliphatic carbocycles. The van der Waals surface area contributed by atoms with Crippen molar-refractivity contribution in [2.45, 2.75) is 20.4 Å². The summed E-state index contributed by atoms with van der Waals surface area (Å²) < 4.78 is 21.4. The van der Waals surface area contributed by atoms with Gasteiger partial charge in [0.1, 0.15) is 34.5 Å². The van der Waals surface area contributed by atoms with Crippen LogP contribution in [-0.2, 0) is 6.54 Å². The van der Waals surface area contributed by atoms with E-state index in [4.69, 9.17) is 16.1 Å². The van der Waals surface area contributed by atoms with Gasteiger partial charge in [-0.3, -0.25) is 9.36 Å². The molecule has 4 aromatic rings. The summed E-state index contributed by atoms with van der Waals surface area (Å²) in [6.07, 6.45) is 5.14. The molecular formula is C21H17ClFN5O2. The van der Waals surface area contributed by atoms with Gasteiger partial charge in [0.2, 0.25) is 0 Å². The van der Waals surface area contributed by atoms with Crippen molar-refractivity contribution in [2.75, 3.05) is 0 Å². The first-order valence-electron chi connectivity index (χ1n) is 9.10. The second kappa shape index (κ2) is 8.08. The van der Waals surface area contributed by atoms with Gasteiger partial charge in [-0.05, 0) is 32.0 Å². The molecule has 7 nitrogen and oxygen atoms in total. The van der Waals surface area contributed by atoms with Gasteiger partial charge in [0.25, 0.3) is 5.91 Å². The van der Waals surface area contributed by atoms with Gasteiger partial charge >= 0.3 is 0 Å². The van der Waals surface area contributed by atoms with Crippen molar-refractivity contribution in [2.24, 2.45) is 0 Å². The van der Waals surface area contributed by atoms with Crippen LogP contribution < -0.4 is 5.32 Å². The van der Waals surface area contributed by atoms with Crippen LogP contribution in [0.3, 0.4) is 0 Å². The second-order valence-corrected chi connectivity index (χ2v) is 6.98. The molecule has 9 heteroatoms. The standard InChI is InChI=1S/C21H17ClFN5O2/c1-12-17(19(27-30-12)18-15(22)6-3-7-16(18)23)21(29)26-11-14-5-4-8-25-20(14)28-10-9-24-13(28)2/h3-10H,11H2,1-2H3,(H,26,29). The van der Waals surface area contributed by atoms with Crippen molar-refractivity contribution >= 4 is 17.5 Å². The maximum atomic E-state index is 14.4. The van der Waals surface area contributed by atoms with Crippen molar-refractivity contribution in [3.63, 3.8) is 0 Å². The Kier molecular flexibility index (Phi) is 5.33. The summed E-state index contributed by atoms with van der Waals surface area (Å²) >= 11 is 6.15. The normalized spacial score (nSPS) is 10.9. The van der Waals surface area contributed by atoms with E-state index >= 15 is 0 Å². The molecule has 0 saturated carbocycles. The third-order valence-electron chi connectivity index (χ3n) is 4.65. The number of carbonyl (C=O) groups is 1. The molecule has 0 aliphatic heterocycles. The van der Waals surface area contributed by atoms with Crippen LogP contribution >= 0.6 is 11.6 Å². The van der Waals surface area contributed by atoms with E-state index in [2.05, 4.69) is 20.4 Å². The predicted molar refractivity (Wildman–Crippen MR) is 109 cm³/mol. The molecule has 0 fully saturated rings. The molecule has 3 aromatic heterocycles. The van der Waals surface area contributed by atoms with Gasteiger partial charge in [0.15, 0.2) is 0 Å². The number of benzene rings is 1. The molecule has 0 radical (unpaired) electrons. The molecule has 0 spiro atoms. The van der Waals surface area contributed by atoms with Crippen LogP contribution in [0.4, 0.5) is 4.39 Å². The summed E-state index contributed by atoms with van der Waals surface area (Å²) in [5.74, 6) is 0.647. The molecule has 152 valence electrons. The van der Waals surface area contributed by atoms with Crippen LogP contribution in [0.25, 0.3) is 17.1 Å². The molecule has 0 unspecified atom stereocenters. The van der Waals surface area contributed by atoms with Gasteiger partial charge in [-0.25, -0.2) is 14.4 Å². The predicted octanol–water partition coefficient (Wildman–Crippen LogP) is 4.26. The number of pyridine rings is 1. The zero-order valence-corrected chi connectivity index (χ0v) is 16.9. The summed E-state index contributed by atoms with van der Waals surface area (Å²) in [5.41, 5.74) is 1.00. The third-order valence-corrected chi connectivity index (χ3v) is 4.97. The van der Waals surface area contributed by atoms with Gasteiger partial charge in [-0.2, -0.15) is 0 Å². The summed E-state index contributed by atoms with van der Waals surface area (Å²) in [6.45, 7) is 3.64. The molecule has 4 rings (SSSR count). The Morgan fingerprint density at radius 3 is 2.77 bits per heavy atom. The van der Waals surface area contributed by atoms with E-state index in [1.54, 1.807) is 31.6 Å². The van der Waals surface area contributed by atoms with Gasteiger partial charge in [-0.1, -0.05) is 28.9 Å². The summed E-state index contributed by atoms with van der Waals surface area (Å²) in [4.78, 5) is 21.6. The molecule has 0 saturated heterocycles. The highest BCUT2D eigenvalue weighted by Crippen LogP contribution is 2.33. The number of carbonyl (C=O) groups excluding carboxylic acids is 1. The number of imidazole rings is 1. The van der Waals surface area contributed by atoms with Crippen LogP contribution in [0, 0.1) is 19.7 Å². The fraction of sp³-hybridized carbons (Fsp3) is 0.143. The van der Waals surface area contributed by atoms with Crippen LogP contribution in [0.5, 0.6) is 0 Å². The quantitative estimate of drug-likeness (QED) is 0.516. The highest BCUT2D eigenvalue weighted by Gasteiger charge is 2.25. The maximum Gasteiger partial charge on any atom is 0.257 e. The molecule has 3 heterocycles. The third kappa shape index (κ3) is 3.57. The van der Waals surface area contributed by atoms with Crippen molar-refractivity contribution < 1.29 is 13.7 Å². The SMILES string of the molecule is Cc1onc(-c2c(F)cccc2Cl)c1C(=O)NCc1cccnc1-n1ccnc1C. The molecule has 0 bridgehead atoms. The van der Waals surface area contributed by atoms with Crippen molar-refractivity contribution in [3.8, 4) is 17.1 Å². The Balaban J connectivity index is 1.63. The minimum Gasteiger partial charge on any atom is -0.360 e. The van der Waals surface area contributed by atoms with E-state index in [9.17, 15) is 9.18 Å². The lowest BCUT2D eigenvalue weighted by atomic mass is 10.0. The van der Waals surface area contributed by atoms with E-state index in [1.807, 2.05) is 17.6 Å². The van der Waals surface area contributed by atoms with Crippen LogP contribution in [0.1, 0.15) is 27.5 Å². The number of halogens is 2. The number of aryl methyl sites for hydroxylation is 2. The molecule has 1 aromatic carbocycles. The average molecular weight is 426 g/mol. The Bertz CT molecular complexity index is 1210. The zero-order chi connectivity index (χ0) is 21.3. The van der Waals surface area contributed by atoms with Gasteiger partial charge in [0, 0.05) is 30.7 Å². The highest BCUT2D eigenvalue weighted by molar-refractivity contribution is 6.33. The lowest BCUT2D eigenvalue weighted by molar-refractivity contribution is 0.0950. The Hall–Kier alpha value is -3.52. The molecular weight excluding hydrogens is 409 g/mol. The van der Waals surface area contributed by atoms with Gasteiger partial charge in [-0.15, -0.1) is 0 Å². The molecule has 30 heavy (non-hydrogen) atoms. The van der Waals surface area contributed by atoms with Crippen LogP contribution in [-0.4, -0.2) is 25.6 Å². The minimum atomic E-state index is -0.588. The lowest BCUT2D eigenvalue weighted by Crippen LogP contribution is -2.24. The Labute approximate surface area is 176 Å². The number of nitrogens with zero attached hydrogens (tertiary/aromatic N) is 4. The fourth-order valence-corrected chi connectivity index (χ4v) is 3.44. The van der Waals surface area contributed by atoms with E-state index in [-0.39, 0.29) is 34.1 Å². The van der Waals surface area contributed by atoms with Crippen molar-refractivity contribution in [1.29, 1.82) is 0 Å². The largest absolute Gasteiger partial charge is 0.360 e. The summed E-state index contributed by atoms with van der Waals surface area (Å²) in [6, 6.07) is 7.91. The average Bonchev–Trinajstić information content (AvgIpc) is 3.32. The van der Waals surface area contributed by atoms with E-state index in [0.29, 0.717) is 5.82 Å². The smallest absolute Gasteiger partial charge is 0.257 e. The number of rotatable bonds is 5. The van der Waals surface area contributed by atoms with Gasteiger partial charge < -0.3 is 9.84 Å². The monoisotopic (exact) mass is 425 g/mol. The number of hydrogen-bond donors (Lipinski definition) is 1. The number of amides is 1. The van der Waals surface area contributed by atoms with Crippen molar-refractivity contribution in [1.82, 2.24) is 25.0 Å². The molecule has 1 N–H and O–H groups in total. The summed E-state index contributed by atoms with van der Waals surface area (Å²) in [7, 11) is 0. The maximum absolute atomic E-state index is 14.4. The molecule has 0 aliphatic rings.